The lowest BCUT2D eigenvalue weighted by Crippen LogP contribution is -2.24. The van der Waals surface area contributed by atoms with Gasteiger partial charge in [0.05, 0.1) is 21.7 Å². The third kappa shape index (κ3) is 4.91. The fourth-order valence-corrected chi connectivity index (χ4v) is 6.94. The minimum Gasteiger partial charge on any atom is -0.320 e. The number of nitro groups is 1. The fraction of sp³-hybridized carbons (Fsp3) is 0.296. The molecule has 2 aromatic carbocycles. The summed E-state index contributed by atoms with van der Waals surface area (Å²) in [7, 11) is 0. The van der Waals surface area contributed by atoms with Gasteiger partial charge in [-0.15, -0.1) is 11.3 Å². The first-order chi connectivity index (χ1) is 17.7. The maximum Gasteiger partial charge on any atom is 0.293 e. The van der Waals surface area contributed by atoms with E-state index in [0.717, 1.165) is 53.4 Å². The Kier molecular flexibility index (Phi) is 6.87. The molecule has 1 amide bonds. The van der Waals surface area contributed by atoms with Crippen LogP contribution >= 0.6 is 23.1 Å². The molecule has 1 N–H and O–H groups in total. The molecule has 0 saturated carbocycles. The summed E-state index contributed by atoms with van der Waals surface area (Å²) in [4.78, 5) is 44.5. The van der Waals surface area contributed by atoms with Gasteiger partial charge in [-0.3, -0.25) is 24.3 Å². The van der Waals surface area contributed by atoms with E-state index in [1.807, 2.05) is 31.2 Å². The molecule has 1 aliphatic carbocycles. The van der Waals surface area contributed by atoms with E-state index in [1.54, 1.807) is 28.9 Å². The third-order valence-corrected chi connectivity index (χ3v) is 8.70. The van der Waals surface area contributed by atoms with Gasteiger partial charge in [-0.25, -0.2) is 4.98 Å². The number of nitro benzene ring substituents is 1. The van der Waals surface area contributed by atoms with E-state index in [9.17, 15) is 19.7 Å². The number of hydrogen-bond donors (Lipinski definition) is 1. The van der Waals surface area contributed by atoms with Crippen molar-refractivity contribution >= 4 is 50.6 Å². The number of carbonyl (C=O) groups excluding carboxylic acids is 1. The zero-order chi connectivity index (χ0) is 26.3. The molecule has 1 aliphatic rings. The topological polar surface area (TPSA) is 107 Å². The first kappa shape index (κ1) is 25.2. The Hall–Kier alpha value is -3.50. The molecule has 0 aliphatic heterocycles. The lowest BCUT2D eigenvalue weighted by atomic mass is 9.89. The van der Waals surface area contributed by atoms with Crippen molar-refractivity contribution in [3.05, 3.63) is 84.5 Å². The average molecular weight is 535 g/mol. The van der Waals surface area contributed by atoms with Gasteiger partial charge in [-0.1, -0.05) is 43.0 Å². The SMILES string of the molecule is Cc1ccc(NC(=O)CSc2nc3sc4c(c3c(=O)n2-c2ccccc2C)CC[C@H](C)C4)c([N+](=O)[O-])c1. The van der Waals surface area contributed by atoms with Gasteiger partial charge in [-0.05, 0) is 67.9 Å². The molecule has 0 fully saturated rings. The highest BCUT2D eigenvalue weighted by Gasteiger charge is 2.26. The highest BCUT2D eigenvalue weighted by atomic mass is 32.2. The molecule has 0 unspecified atom stereocenters. The minimum absolute atomic E-state index is 0.0585. The predicted molar refractivity (Wildman–Crippen MR) is 148 cm³/mol. The highest BCUT2D eigenvalue weighted by Crippen LogP contribution is 2.37. The van der Waals surface area contributed by atoms with Crippen LogP contribution in [-0.4, -0.2) is 26.1 Å². The van der Waals surface area contributed by atoms with Crippen molar-refractivity contribution in [1.82, 2.24) is 9.55 Å². The van der Waals surface area contributed by atoms with Crippen LogP contribution in [0.3, 0.4) is 0 Å². The number of anilines is 1. The van der Waals surface area contributed by atoms with Gasteiger partial charge < -0.3 is 5.32 Å². The molecule has 190 valence electrons. The maximum absolute atomic E-state index is 13.9. The van der Waals surface area contributed by atoms with E-state index in [4.69, 9.17) is 4.98 Å². The third-order valence-electron chi connectivity index (χ3n) is 6.61. The van der Waals surface area contributed by atoms with Gasteiger partial charge in [0.15, 0.2) is 5.16 Å². The Morgan fingerprint density at radius 2 is 2.05 bits per heavy atom. The molecule has 37 heavy (non-hydrogen) atoms. The Bertz CT molecular complexity index is 1610. The number of nitrogens with one attached hydrogen (secondary N) is 1. The summed E-state index contributed by atoms with van der Waals surface area (Å²) in [6, 6.07) is 12.3. The molecule has 1 atom stereocenters. The summed E-state index contributed by atoms with van der Waals surface area (Å²) in [5, 5.41) is 15.2. The normalized spacial score (nSPS) is 14.9. The van der Waals surface area contributed by atoms with Crippen molar-refractivity contribution < 1.29 is 9.72 Å². The summed E-state index contributed by atoms with van der Waals surface area (Å²) in [6.07, 6.45) is 2.86. The Labute approximate surface area is 221 Å². The van der Waals surface area contributed by atoms with Crippen LogP contribution in [0.4, 0.5) is 11.4 Å². The molecule has 10 heteroatoms. The van der Waals surface area contributed by atoms with E-state index in [0.29, 0.717) is 21.3 Å². The molecule has 0 radical (unpaired) electrons. The first-order valence-corrected chi connectivity index (χ1v) is 13.8. The van der Waals surface area contributed by atoms with E-state index in [2.05, 4.69) is 12.2 Å². The molecule has 0 spiro atoms. The number of amides is 1. The molecule has 2 heterocycles. The van der Waals surface area contributed by atoms with Crippen LogP contribution in [0.2, 0.25) is 0 Å². The van der Waals surface area contributed by atoms with Gasteiger partial charge in [0, 0.05) is 10.9 Å². The molecular formula is C27H26N4O4S2. The number of nitrogens with zero attached hydrogens (tertiary/aromatic N) is 3. The number of aryl methyl sites for hydroxylation is 3. The standard InChI is InChI=1S/C27H26N4O4S2/c1-15-9-11-19(21(12-15)31(34)35)28-23(32)14-36-27-29-25-24(18-10-8-16(2)13-22(18)37-25)26(33)30(27)20-7-5-4-6-17(20)3/h4-7,9,11-12,16H,8,10,13-14H2,1-3H3,(H,28,32)/t16-/m0/s1. The van der Waals surface area contributed by atoms with Gasteiger partial charge in [0.2, 0.25) is 5.91 Å². The van der Waals surface area contributed by atoms with Crippen molar-refractivity contribution in [3.63, 3.8) is 0 Å². The first-order valence-electron chi connectivity index (χ1n) is 12.0. The number of thioether (sulfide) groups is 1. The van der Waals surface area contributed by atoms with Crippen molar-refractivity contribution in [3.8, 4) is 5.69 Å². The minimum atomic E-state index is -0.513. The van der Waals surface area contributed by atoms with Crippen molar-refractivity contribution in [2.75, 3.05) is 11.1 Å². The number of rotatable bonds is 6. The smallest absolute Gasteiger partial charge is 0.293 e. The highest BCUT2D eigenvalue weighted by molar-refractivity contribution is 7.99. The molecule has 0 bridgehead atoms. The predicted octanol–water partition coefficient (Wildman–Crippen LogP) is 5.83. The second-order valence-electron chi connectivity index (χ2n) is 9.47. The number of thiophene rings is 1. The van der Waals surface area contributed by atoms with Crippen LogP contribution < -0.4 is 10.9 Å². The van der Waals surface area contributed by atoms with Crippen molar-refractivity contribution in [1.29, 1.82) is 0 Å². The monoisotopic (exact) mass is 534 g/mol. The Morgan fingerprint density at radius 1 is 1.27 bits per heavy atom. The van der Waals surface area contributed by atoms with Crippen LogP contribution in [0.1, 0.15) is 34.9 Å². The number of para-hydroxylation sites is 1. The number of carbonyl (C=O) groups is 1. The van der Waals surface area contributed by atoms with E-state index >= 15 is 0 Å². The lowest BCUT2D eigenvalue weighted by molar-refractivity contribution is -0.384. The largest absolute Gasteiger partial charge is 0.320 e. The fourth-order valence-electron chi connectivity index (χ4n) is 4.71. The lowest BCUT2D eigenvalue weighted by Gasteiger charge is -2.18. The van der Waals surface area contributed by atoms with E-state index in [1.165, 1.54) is 17.0 Å². The second-order valence-corrected chi connectivity index (χ2v) is 11.5. The molecular weight excluding hydrogens is 508 g/mol. The molecule has 0 saturated heterocycles. The Morgan fingerprint density at radius 3 is 2.81 bits per heavy atom. The van der Waals surface area contributed by atoms with Crippen molar-refractivity contribution in [2.45, 2.75) is 45.2 Å². The number of fused-ring (bicyclic) bond motifs is 3. The molecule has 4 aromatic rings. The van der Waals surface area contributed by atoms with Crippen LogP contribution in [0.25, 0.3) is 15.9 Å². The quantitative estimate of drug-likeness (QED) is 0.144. The van der Waals surface area contributed by atoms with E-state index < -0.39 is 10.8 Å². The summed E-state index contributed by atoms with van der Waals surface area (Å²) in [5.41, 5.74) is 3.34. The molecule has 2 aromatic heterocycles. The number of aromatic nitrogens is 2. The second kappa shape index (κ2) is 10.1. The van der Waals surface area contributed by atoms with Crippen LogP contribution in [0.15, 0.2) is 52.4 Å². The van der Waals surface area contributed by atoms with E-state index in [-0.39, 0.29) is 22.7 Å². The zero-order valence-electron chi connectivity index (χ0n) is 20.7. The number of benzene rings is 2. The summed E-state index contributed by atoms with van der Waals surface area (Å²) in [5.74, 6) is 0.0984. The van der Waals surface area contributed by atoms with Gasteiger partial charge in [0.1, 0.15) is 10.5 Å². The maximum atomic E-state index is 13.9. The van der Waals surface area contributed by atoms with Crippen LogP contribution in [-0.2, 0) is 17.6 Å². The van der Waals surface area contributed by atoms with Crippen LogP contribution in [0.5, 0.6) is 0 Å². The Balaban J connectivity index is 1.52. The molecule has 8 nitrogen and oxygen atoms in total. The zero-order valence-corrected chi connectivity index (χ0v) is 22.4. The average Bonchev–Trinajstić information content (AvgIpc) is 3.22. The number of hydrogen-bond acceptors (Lipinski definition) is 7. The van der Waals surface area contributed by atoms with Crippen molar-refractivity contribution in [2.24, 2.45) is 5.92 Å². The van der Waals surface area contributed by atoms with Gasteiger partial charge in [0.25, 0.3) is 11.2 Å². The van der Waals surface area contributed by atoms with Gasteiger partial charge >= 0.3 is 0 Å². The van der Waals surface area contributed by atoms with Crippen LogP contribution in [0, 0.1) is 29.9 Å². The summed E-state index contributed by atoms with van der Waals surface area (Å²) in [6.45, 7) is 5.92. The summed E-state index contributed by atoms with van der Waals surface area (Å²) >= 11 is 2.72. The molecule has 5 rings (SSSR count). The summed E-state index contributed by atoms with van der Waals surface area (Å²) < 4.78 is 1.61. The van der Waals surface area contributed by atoms with Gasteiger partial charge in [-0.2, -0.15) is 0 Å².